The van der Waals surface area contributed by atoms with Crippen LogP contribution in [0.4, 0.5) is 0 Å². The van der Waals surface area contributed by atoms with Crippen molar-refractivity contribution in [2.24, 2.45) is 5.92 Å². The Labute approximate surface area is 110 Å². The third kappa shape index (κ3) is 3.67. The molecule has 2 rings (SSSR count). The molecule has 18 heavy (non-hydrogen) atoms. The monoisotopic (exact) mass is 245 g/mol. The van der Waals surface area contributed by atoms with Gasteiger partial charge < -0.3 is 5.32 Å². The lowest BCUT2D eigenvalue weighted by Crippen LogP contribution is -2.31. The molecule has 0 aromatic heterocycles. The van der Waals surface area contributed by atoms with E-state index in [0.717, 1.165) is 31.4 Å². The summed E-state index contributed by atoms with van der Waals surface area (Å²) in [6, 6.07) is 8.62. The lowest BCUT2D eigenvalue weighted by Gasteiger charge is -2.10. The average molecular weight is 245 g/mol. The minimum atomic E-state index is 0.0975. The van der Waals surface area contributed by atoms with Crippen LogP contribution in [0.15, 0.2) is 24.3 Å². The van der Waals surface area contributed by atoms with Crippen molar-refractivity contribution in [3.05, 3.63) is 35.4 Å². The van der Waals surface area contributed by atoms with Crippen LogP contribution in [0.3, 0.4) is 0 Å². The van der Waals surface area contributed by atoms with Gasteiger partial charge >= 0.3 is 0 Å². The first kappa shape index (κ1) is 13.3. The summed E-state index contributed by atoms with van der Waals surface area (Å²) in [6.45, 7) is 5.44. The molecule has 0 aliphatic carbocycles. The Morgan fingerprint density at radius 2 is 1.94 bits per heavy atom. The van der Waals surface area contributed by atoms with Crippen molar-refractivity contribution in [2.75, 3.05) is 6.54 Å². The Morgan fingerprint density at radius 1 is 1.28 bits per heavy atom. The smallest absolute Gasteiger partial charge is 0.154 e. The molecule has 1 N–H and O–H groups in total. The quantitative estimate of drug-likeness (QED) is 0.864. The first-order valence-electron chi connectivity index (χ1n) is 6.99. The number of ketones is 1. The zero-order valence-corrected chi connectivity index (χ0v) is 11.4. The van der Waals surface area contributed by atoms with Crippen LogP contribution in [0.2, 0.25) is 0 Å². The van der Waals surface area contributed by atoms with Gasteiger partial charge in [-0.3, -0.25) is 4.79 Å². The first-order valence-corrected chi connectivity index (χ1v) is 6.99. The Hall–Kier alpha value is -1.15. The Balaban J connectivity index is 1.91. The summed E-state index contributed by atoms with van der Waals surface area (Å²) in [6.07, 6.45) is 3.81. The number of carbonyl (C=O) groups excluding carboxylic acids is 1. The highest BCUT2D eigenvalue weighted by Gasteiger charge is 2.21. The summed E-state index contributed by atoms with van der Waals surface area (Å²) in [5.41, 5.74) is 2.50. The van der Waals surface area contributed by atoms with E-state index in [4.69, 9.17) is 0 Å². The van der Waals surface area contributed by atoms with Crippen molar-refractivity contribution in [1.29, 1.82) is 0 Å². The van der Waals surface area contributed by atoms with Gasteiger partial charge in [-0.2, -0.15) is 0 Å². The highest BCUT2D eigenvalue weighted by atomic mass is 16.1. The molecule has 0 bridgehead atoms. The highest BCUT2D eigenvalue weighted by molar-refractivity contribution is 5.86. The van der Waals surface area contributed by atoms with Crippen LogP contribution in [0.1, 0.15) is 37.8 Å². The fourth-order valence-corrected chi connectivity index (χ4v) is 2.55. The van der Waals surface area contributed by atoms with E-state index in [1.807, 2.05) is 0 Å². The van der Waals surface area contributed by atoms with Crippen molar-refractivity contribution in [3.63, 3.8) is 0 Å². The largest absolute Gasteiger partial charge is 0.307 e. The van der Waals surface area contributed by atoms with Crippen molar-refractivity contribution >= 4 is 5.78 Å². The maximum Gasteiger partial charge on any atom is 0.154 e. The second kappa shape index (κ2) is 6.14. The van der Waals surface area contributed by atoms with E-state index in [9.17, 15) is 4.79 Å². The topological polar surface area (TPSA) is 29.1 Å². The van der Waals surface area contributed by atoms with Gasteiger partial charge in [-0.15, -0.1) is 0 Å². The molecule has 0 radical (unpaired) electrons. The van der Waals surface area contributed by atoms with Gasteiger partial charge in [0, 0.05) is 6.42 Å². The van der Waals surface area contributed by atoms with E-state index in [-0.39, 0.29) is 6.04 Å². The van der Waals surface area contributed by atoms with Crippen LogP contribution in [-0.2, 0) is 17.6 Å². The number of rotatable bonds is 5. The van der Waals surface area contributed by atoms with Crippen LogP contribution < -0.4 is 5.32 Å². The molecule has 0 amide bonds. The van der Waals surface area contributed by atoms with E-state index < -0.39 is 0 Å². The molecule has 0 spiro atoms. The fraction of sp³-hybridized carbons (Fsp3) is 0.562. The Morgan fingerprint density at radius 3 is 2.50 bits per heavy atom. The van der Waals surface area contributed by atoms with Crippen molar-refractivity contribution in [3.8, 4) is 0 Å². The minimum Gasteiger partial charge on any atom is -0.307 e. The van der Waals surface area contributed by atoms with Crippen LogP contribution in [0, 0.1) is 5.92 Å². The molecule has 1 aromatic rings. The zero-order chi connectivity index (χ0) is 13.0. The van der Waals surface area contributed by atoms with Crippen LogP contribution >= 0.6 is 0 Å². The molecule has 0 unspecified atom stereocenters. The van der Waals surface area contributed by atoms with Gasteiger partial charge in [-0.25, -0.2) is 0 Å². The van der Waals surface area contributed by atoms with E-state index in [1.165, 1.54) is 5.56 Å². The zero-order valence-electron chi connectivity index (χ0n) is 11.4. The van der Waals surface area contributed by atoms with Crippen LogP contribution in [-0.4, -0.2) is 18.4 Å². The standard InChI is InChI=1S/C16H23NO/c1-12(2)10-13-5-7-14(8-6-13)11-16(18)15-4-3-9-17-15/h5-8,12,15,17H,3-4,9-11H2,1-2H3/t15-/m0/s1. The Kier molecular flexibility index (Phi) is 4.54. The summed E-state index contributed by atoms with van der Waals surface area (Å²) in [7, 11) is 0. The first-order chi connectivity index (χ1) is 8.65. The second-order valence-electron chi connectivity index (χ2n) is 5.71. The highest BCUT2D eigenvalue weighted by Crippen LogP contribution is 2.13. The molecule has 1 aromatic carbocycles. The summed E-state index contributed by atoms with van der Waals surface area (Å²) in [5, 5.41) is 3.26. The van der Waals surface area contributed by atoms with Gasteiger partial charge in [0.2, 0.25) is 0 Å². The van der Waals surface area contributed by atoms with Gasteiger partial charge in [-0.05, 0) is 42.9 Å². The molecule has 1 fully saturated rings. The van der Waals surface area contributed by atoms with E-state index in [0.29, 0.717) is 18.1 Å². The minimum absolute atomic E-state index is 0.0975. The van der Waals surface area contributed by atoms with Gasteiger partial charge in [0.1, 0.15) is 0 Å². The average Bonchev–Trinajstić information content (AvgIpc) is 2.84. The van der Waals surface area contributed by atoms with Gasteiger partial charge in [0.15, 0.2) is 5.78 Å². The molecule has 0 saturated carbocycles. The SMILES string of the molecule is CC(C)Cc1ccc(CC(=O)[C@@H]2CCCN2)cc1. The van der Waals surface area contributed by atoms with E-state index >= 15 is 0 Å². The normalized spacial score (nSPS) is 19.4. The lowest BCUT2D eigenvalue weighted by molar-refractivity contribution is -0.120. The molecule has 1 aliphatic heterocycles. The van der Waals surface area contributed by atoms with Crippen molar-refractivity contribution in [1.82, 2.24) is 5.32 Å². The molecule has 2 heteroatoms. The van der Waals surface area contributed by atoms with E-state index in [1.54, 1.807) is 0 Å². The predicted molar refractivity (Wildman–Crippen MR) is 74.7 cm³/mol. The molecule has 1 heterocycles. The third-order valence-electron chi connectivity index (χ3n) is 3.49. The molecular weight excluding hydrogens is 222 g/mol. The molecule has 98 valence electrons. The van der Waals surface area contributed by atoms with Gasteiger partial charge in [0.25, 0.3) is 0 Å². The molecule has 2 nitrogen and oxygen atoms in total. The summed E-state index contributed by atoms with van der Waals surface area (Å²) < 4.78 is 0. The summed E-state index contributed by atoms with van der Waals surface area (Å²) >= 11 is 0. The molecule has 1 saturated heterocycles. The number of hydrogen-bond donors (Lipinski definition) is 1. The third-order valence-corrected chi connectivity index (χ3v) is 3.49. The predicted octanol–water partition coefficient (Wildman–Crippen LogP) is 2.75. The van der Waals surface area contributed by atoms with Crippen LogP contribution in [0.25, 0.3) is 0 Å². The van der Waals surface area contributed by atoms with Crippen molar-refractivity contribution < 1.29 is 4.79 Å². The van der Waals surface area contributed by atoms with Crippen LogP contribution in [0.5, 0.6) is 0 Å². The van der Waals surface area contributed by atoms with Crippen molar-refractivity contribution in [2.45, 2.75) is 45.6 Å². The van der Waals surface area contributed by atoms with E-state index in [2.05, 4.69) is 43.4 Å². The fourth-order valence-electron chi connectivity index (χ4n) is 2.55. The number of carbonyl (C=O) groups is 1. The molecule has 1 atom stereocenters. The van der Waals surface area contributed by atoms with Gasteiger partial charge in [0.05, 0.1) is 6.04 Å². The maximum atomic E-state index is 12.0. The molecular formula is C16H23NO. The Bertz CT molecular complexity index is 388. The summed E-state index contributed by atoms with van der Waals surface area (Å²) in [4.78, 5) is 12.0. The second-order valence-corrected chi connectivity index (χ2v) is 5.71. The number of hydrogen-bond acceptors (Lipinski definition) is 2. The number of Topliss-reactive ketones (excluding diaryl/α,β-unsaturated/α-hetero) is 1. The maximum absolute atomic E-state index is 12.0. The number of benzene rings is 1. The molecule has 1 aliphatic rings. The number of nitrogens with one attached hydrogen (secondary N) is 1. The lowest BCUT2D eigenvalue weighted by atomic mass is 9.98. The summed E-state index contributed by atoms with van der Waals surface area (Å²) in [5.74, 6) is 1.02. The van der Waals surface area contributed by atoms with Gasteiger partial charge in [-0.1, -0.05) is 38.1 Å².